The van der Waals surface area contributed by atoms with E-state index in [1.54, 1.807) is 37.4 Å². The highest BCUT2D eigenvalue weighted by atomic mass is 35.5. The van der Waals surface area contributed by atoms with Gasteiger partial charge in [-0.2, -0.15) is 0 Å². The molecular weight excluding hydrogens is 342 g/mol. The van der Waals surface area contributed by atoms with Gasteiger partial charge in [-0.25, -0.2) is 9.97 Å². The van der Waals surface area contributed by atoms with Gasteiger partial charge in [-0.15, -0.1) is 0 Å². The molecule has 1 aromatic heterocycles. The Morgan fingerprint density at radius 2 is 1.96 bits per heavy atom. The fourth-order valence-corrected chi connectivity index (χ4v) is 2.60. The maximum Gasteiger partial charge on any atom is 0.145 e. The number of anilines is 2. The maximum absolute atomic E-state index is 9.92. The molecule has 0 atom stereocenters. The van der Waals surface area contributed by atoms with E-state index in [2.05, 4.69) is 15.3 Å². The van der Waals surface area contributed by atoms with Gasteiger partial charge in [-0.05, 0) is 26.0 Å². The maximum atomic E-state index is 9.92. The summed E-state index contributed by atoms with van der Waals surface area (Å²) in [5, 5.41) is 14.3. The number of methoxy groups -OCH3 is 1. The summed E-state index contributed by atoms with van der Waals surface area (Å²) in [6.45, 7) is 3.82. The molecular formula is C18H18ClN3O3. The molecule has 2 N–H and O–H groups in total. The predicted molar refractivity (Wildman–Crippen MR) is 98.3 cm³/mol. The van der Waals surface area contributed by atoms with E-state index in [0.717, 1.165) is 0 Å². The zero-order valence-electron chi connectivity index (χ0n) is 14.1. The van der Waals surface area contributed by atoms with Crippen LogP contribution in [0.1, 0.15) is 13.8 Å². The number of phenolic OH excluding ortho intramolecular Hbond substituents is 1. The van der Waals surface area contributed by atoms with Gasteiger partial charge < -0.3 is 19.9 Å². The number of hydrogen-bond donors (Lipinski definition) is 2. The van der Waals surface area contributed by atoms with Gasteiger partial charge in [0.2, 0.25) is 0 Å². The number of halogens is 1. The second-order valence-electron chi connectivity index (χ2n) is 5.70. The van der Waals surface area contributed by atoms with Crippen molar-refractivity contribution in [2.24, 2.45) is 0 Å². The summed E-state index contributed by atoms with van der Waals surface area (Å²) in [5.41, 5.74) is 1.21. The Morgan fingerprint density at radius 3 is 2.68 bits per heavy atom. The third kappa shape index (κ3) is 3.69. The number of fused-ring (bicyclic) bond motifs is 1. The largest absolute Gasteiger partial charge is 0.508 e. The van der Waals surface area contributed by atoms with E-state index in [9.17, 15) is 5.11 Å². The van der Waals surface area contributed by atoms with Crippen molar-refractivity contribution in [3.63, 3.8) is 0 Å². The number of aromatic hydroxyl groups is 1. The Bertz CT molecular complexity index is 915. The Hall–Kier alpha value is -2.73. The third-order valence-corrected chi connectivity index (χ3v) is 3.81. The number of rotatable bonds is 5. The quantitative estimate of drug-likeness (QED) is 0.697. The van der Waals surface area contributed by atoms with Crippen molar-refractivity contribution in [3.05, 3.63) is 41.7 Å². The SMILES string of the molecule is COc1ccc(Cl)c(Nc2ncnc3cc(O)cc(OC(C)C)c23)c1. The fraction of sp³-hybridized carbons (Fsp3) is 0.222. The second-order valence-corrected chi connectivity index (χ2v) is 6.10. The van der Waals surface area contributed by atoms with Gasteiger partial charge >= 0.3 is 0 Å². The van der Waals surface area contributed by atoms with Gasteiger partial charge in [0.05, 0.1) is 34.8 Å². The molecule has 7 heteroatoms. The van der Waals surface area contributed by atoms with Gasteiger partial charge in [-0.3, -0.25) is 0 Å². The lowest BCUT2D eigenvalue weighted by molar-refractivity contribution is 0.244. The first kappa shape index (κ1) is 17.1. The van der Waals surface area contributed by atoms with E-state index in [0.29, 0.717) is 38.9 Å². The molecule has 0 aliphatic rings. The van der Waals surface area contributed by atoms with Crippen molar-refractivity contribution in [2.75, 3.05) is 12.4 Å². The van der Waals surface area contributed by atoms with E-state index < -0.39 is 0 Å². The number of nitrogens with zero attached hydrogens (tertiary/aromatic N) is 2. The summed E-state index contributed by atoms with van der Waals surface area (Å²) >= 11 is 6.27. The molecule has 130 valence electrons. The van der Waals surface area contributed by atoms with Crippen molar-refractivity contribution < 1.29 is 14.6 Å². The minimum atomic E-state index is -0.0709. The van der Waals surface area contributed by atoms with Crippen LogP contribution in [0.5, 0.6) is 17.2 Å². The van der Waals surface area contributed by atoms with E-state index in [4.69, 9.17) is 21.1 Å². The molecule has 0 unspecified atom stereocenters. The van der Waals surface area contributed by atoms with Gasteiger partial charge in [0.25, 0.3) is 0 Å². The molecule has 6 nitrogen and oxygen atoms in total. The van der Waals surface area contributed by atoms with Gasteiger partial charge in [0.15, 0.2) is 0 Å². The van der Waals surface area contributed by atoms with Gasteiger partial charge in [0.1, 0.15) is 29.4 Å². The highest BCUT2D eigenvalue weighted by molar-refractivity contribution is 6.33. The predicted octanol–water partition coefficient (Wildman–Crippen LogP) is 4.53. The Balaban J connectivity index is 2.13. The molecule has 0 fully saturated rings. The lowest BCUT2D eigenvalue weighted by Gasteiger charge is -2.16. The molecule has 0 saturated heterocycles. The average Bonchev–Trinajstić information content (AvgIpc) is 2.56. The van der Waals surface area contributed by atoms with Crippen LogP contribution in [0.15, 0.2) is 36.7 Å². The van der Waals surface area contributed by atoms with E-state index >= 15 is 0 Å². The molecule has 3 rings (SSSR count). The van der Waals surface area contributed by atoms with Crippen LogP contribution in [-0.2, 0) is 0 Å². The molecule has 0 amide bonds. The normalized spacial score (nSPS) is 10.9. The third-order valence-electron chi connectivity index (χ3n) is 3.48. The topological polar surface area (TPSA) is 76.5 Å². The zero-order chi connectivity index (χ0) is 18.0. The molecule has 0 aliphatic heterocycles. The van der Waals surface area contributed by atoms with Crippen molar-refractivity contribution in [2.45, 2.75) is 20.0 Å². The summed E-state index contributed by atoms with van der Waals surface area (Å²) in [5.74, 6) is 1.76. The Labute approximate surface area is 150 Å². The summed E-state index contributed by atoms with van der Waals surface area (Å²) in [4.78, 5) is 8.53. The van der Waals surface area contributed by atoms with Crippen LogP contribution in [0.2, 0.25) is 5.02 Å². The minimum Gasteiger partial charge on any atom is -0.508 e. The van der Waals surface area contributed by atoms with E-state index in [1.807, 2.05) is 13.8 Å². The zero-order valence-corrected chi connectivity index (χ0v) is 14.8. The summed E-state index contributed by atoms with van der Waals surface area (Å²) < 4.78 is 11.1. The lowest BCUT2D eigenvalue weighted by Crippen LogP contribution is -2.07. The van der Waals surface area contributed by atoms with Crippen molar-refractivity contribution in [1.29, 1.82) is 0 Å². The average molecular weight is 360 g/mol. The first-order valence-corrected chi connectivity index (χ1v) is 8.10. The number of nitrogens with one attached hydrogen (secondary N) is 1. The molecule has 0 bridgehead atoms. The summed E-state index contributed by atoms with van der Waals surface area (Å²) in [6, 6.07) is 8.40. The van der Waals surface area contributed by atoms with Crippen molar-refractivity contribution >= 4 is 34.0 Å². The van der Waals surface area contributed by atoms with Crippen LogP contribution >= 0.6 is 11.6 Å². The molecule has 0 saturated carbocycles. The summed E-state index contributed by atoms with van der Waals surface area (Å²) in [7, 11) is 1.59. The standard InChI is InChI=1S/C18H18ClN3O3/c1-10(2)25-16-7-11(23)6-15-17(16)18(21-9-20-15)22-14-8-12(24-3)4-5-13(14)19/h4-10,23H,1-3H3,(H,20,21,22). The van der Waals surface area contributed by atoms with Crippen molar-refractivity contribution in [1.82, 2.24) is 9.97 Å². The van der Waals surface area contributed by atoms with E-state index in [-0.39, 0.29) is 11.9 Å². The van der Waals surface area contributed by atoms with Gasteiger partial charge in [0, 0.05) is 18.2 Å². The second kappa shape index (κ2) is 7.03. The molecule has 0 radical (unpaired) electrons. The van der Waals surface area contributed by atoms with Crippen LogP contribution in [0.3, 0.4) is 0 Å². The lowest BCUT2D eigenvalue weighted by atomic mass is 10.2. The van der Waals surface area contributed by atoms with Crippen LogP contribution in [0.4, 0.5) is 11.5 Å². The number of phenols is 1. The van der Waals surface area contributed by atoms with Crippen molar-refractivity contribution in [3.8, 4) is 17.2 Å². The van der Waals surface area contributed by atoms with Crippen LogP contribution in [0.25, 0.3) is 10.9 Å². The highest BCUT2D eigenvalue weighted by Gasteiger charge is 2.15. The van der Waals surface area contributed by atoms with Crippen LogP contribution < -0.4 is 14.8 Å². The fourth-order valence-electron chi connectivity index (χ4n) is 2.44. The number of aromatic nitrogens is 2. The first-order valence-electron chi connectivity index (χ1n) is 7.73. The number of hydrogen-bond acceptors (Lipinski definition) is 6. The van der Waals surface area contributed by atoms with Gasteiger partial charge in [-0.1, -0.05) is 11.6 Å². The molecule has 25 heavy (non-hydrogen) atoms. The Morgan fingerprint density at radius 1 is 1.16 bits per heavy atom. The van der Waals surface area contributed by atoms with Crippen LogP contribution in [0, 0.1) is 0 Å². The highest BCUT2D eigenvalue weighted by Crippen LogP contribution is 2.37. The summed E-state index contributed by atoms with van der Waals surface area (Å²) in [6.07, 6.45) is 1.34. The number of ether oxygens (including phenoxy) is 2. The molecule has 1 heterocycles. The monoisotopic (exact) mass is 359 g/mol. The van der Waals surface area contributed by atoms with Crippen LogP contribution in [-0.4, -0.2) is 28.3 Å². The molecule has 0 aliphatic carbocycles. The molecule has 2 aromatic carbocycles. The first-order chi connectivity index (χ1) is 12.0. The smallest absolute Gasteiger partial charge is 0.145 e. The minimum absolute atomic E-state index is 0.0709. The number of benzene rings is 2. The molecule has 0 spiro atoms. The molecule has 3 aromatic rings. The van der Waals surface area contributed by atoms with E-state index in [1.165, 1.54) is 6.33 Å². The Kier molecular flexibility index (Phi) is 4.81.